The molecule has 4 rings (SSSR count). The van der Waals surface area contributed by atoms with Gasteiger partial charge in [0, 0.05) is 43.2 Å². The Bertz CT molecular complexity index is 770. The fourth-order valence-corrected chi connectivity index (χ4v) is 4.55. The van der Waals surface area contributed by atoms with Crippen LogP contribution in [0.4, 0.5) is 18.0 Å². The molecule has 6 nitrogen and oxygen atoms in total. The standard InChI is InChI=1S/C21H26F3N3O3/c22-21(23,24)16-4-1-13(2-5-16)18-7-3-14(9-25-18)15-10-27(11-15)19(28)8-6-17-12-30-20(29)26-17/h3,7,9,13,15-17H,1-2,4-6,8,10-12H2,(H,26,29)/t13-,16-,17-/m1/s1. The summed E-state index contributed by atoms with van der Waals surface area (Å²) in [5.74, 6) is -0.773. The Morgan fingerprint density at radius 1 is 1.17 bits per heavy atom. The molecule has 1 aromatic heterocycles. The number of likely N-dealkylation sites (tertiary alicyclic amines) is 1. The van der Waals surface area contributed by atoms with Gasteiger partial charge >= 0.3 is 12.3 Å². The highest BCUT2D eigenvalue weighted by Crippen LogP contribution is 2.42. The molecule has 0 aromatic carbocycles. The van der Waals surface area contributed by atoms with Crippen molar-refractivity contribution in [1.82, 2.24) is 15.2 Å². The van der Waals surface area contributed by atoms with Crippen molar-refractivity contribution in [3.8, 4) is 0 Å². The normalized spacial score (nSPS) is 27.4. The number of carbonyl (C=O) groups excluding carboxylic acids is 2. The van der Waals surface area contributed by atoms with E-state index in [9.17, 15) is 22.8 Å². The molecule has 2 amide bonds. The molecule has 2 saturated heterocycles. The van der Waals surface area contributed by atoms with Gasteiger partial charge in [0.2, 0.25) is 5.91 Å². The molecular formula is C21H26F3N3O3. The van der Waals surface area contributed by atoms with Crippen molar-refractivity contribution in [1.29, 1.82) is 0 Å². The summed E-state index contributed by atoms with van der Waals surface area (Å²) in [4.78, 5) is 29.6. The van der Waals surface area contributed by atoms with Crippen LogP contribution in [0.2, 0.25) is 0 Å². The molecule has 0 spiro atoms. The molecule has 1 atom stereocenters. The first kappa shape index (κ1) is 20.9. The lowest BCUT2D eigenvalue weighted by Crippen LogP contribution is -2.48. The van der Waals surface area contributed by atoms with E-state index in [1.165, 1.54) is 0 Å². The number of amides is 2. The average Bonchev–Trinajstić information content (AvgIpc) is 3.10. The van der Waals surface area contributed by atoms with E-state index in [1.807, 2.05) is 18.3 Å². The van der Waals surface area contributed by atoms with Crippen molar-refractivity contribution in [3.63, 3.8) is 0 Å². The molecule has 1 aromatic rings. The summed E-state index contributed by atoms with van der Waals surface area (Å²) in [7, 11) is 0. The van der Waals surface area contributed by atoms with Crippen LogP contribution in [0.25, 0.3) is 0 Å². The van der Waals surface area contributed by atoms with Crippen LogP contribution in [0.1, 0.15) is 61.6 Å². The number of ether oxygens (including phenoxy) is 1. The molecular weight excluding hydrogens is 399 g/mol. The van der Waals surface area contributed by atoms with Crippen molar-refractivity contribution >= 4 is 12.0 Å². The molecule has 1 saturated carbocycles. The summed E-state index contributed by atoms with van der Waals surface area (Å²) in [6.07, 6.45) is -0.374. The maximum atomic E-state index is 12.8. The zero-order chi connectivity index (χ0) is 21.3. The summed E-state index contributed by atoms with van der Waals surface area (Å²) >= 11 is 0. The van der Waals surface area contributed by atoms with Crippen molar-refractivity contribution in [3.05, 3.63) is 29.6 Å². The molecule has 1 N–H and O–H groups in total. The van der Waals surface area contributed by atoms with Gasteiger partial charge in [-0.2, -0.15) is 13.2 Å². The van der Waals surface area contributed by atoms with E-state index < -0.39 is 18.2 Å². The molecule has 1 aliphatic carbocycles. The van der Waals surface area contributed by atoms with Gasteiger partial charge in [-0.15, -0.1) is 0 Å². The maximum absolute atomic E-state index is 12.8. The van der Waals surface area contributed by atoms with Crippen LogP contribution in [0, 0.1) is 5.92 Å². The Labute approximate surface area is 173 Å². The number of carbonyl (C=O) groups is 2. The SMILES string of the molecule is O=C1N[C@H](CCC(=O)N2CC(c3ccc([C@H]4CC[C@H](C(F)(F)F)CC4)nc3)C2)CO1. The van der Waals surface area contributed by atoms with Crippen LogP contribution in [-0.2, 0) is 9.53 Å². The first-order valence-electron chi connectivity index (χ1n) is 10.5. The molecule has 3 heterocycles. The van der Waals surface area contributed by atoms with Crippen LogP contribution in [-0.4, -0.2) is 53.8 Å². The van der Waals surface area contributed by atoms with Gasteiger partial charge in [-0.05, 0) is 43.7 Å². The first-order chi connectivity index (χ1) is 14.3. The number of aromatic nitrogens is 1. The molecule has 9 heteroatoms. The number of hydrogen-bond acceptors (Lipinski definition) is 4. The third-order valence-corrected chi connectivity index (χ3v) is 6.57. The lowest BCUT2D eigenvalue weighted by molar-refractivity contribution is -0.182. The van der Waals surface area contributed by atoms with Crippen molar-refractivity contribution in [2.75, 3.05) is 19.7 Å². The van der Waals surface area contributed by atoms with Gasteiger partial charge in [-0.1, -0.05) is 6.07 Å². The molecule has 0 bridgehead atoms. The van der Waals surface area contributed by atoms with Crippen molar-refractivity contribution < 1.29 is 27.5 Å². The van der Waals surface area contributed by atoms with Crippen LogP contribution in [0.3, 0.4) is 0 Å². The highest BCUT2D eigenvalue weighted by Gasteiger charge is 2.41. The van der Waals surface area contributed by atoms with E-state index in [4.69, 9.17) is 4.74 Å². The second kappa shape index (κ2) is 8.43. The van der Waals surface area contributed by atoms with Crippen molar-refractivity contribution in [2.45, 2.75) is 62.6 Å². The number of halogens is 3. The van der Waals surface area contributed by atoms with E-state index >= 15 is 0 Å². The molecule has 164 valence electrons. The number of hydrogen-bond donors (Lipinski definition) is 1. The summed E-state index contributed by atoms with van der Waals surface area (Å²) < 4.78 is 43.3. The molecule has 0 unspecified atom stereocenters. The largest absolute Gasteiger partial charge is 0.447 e. The molecule has 2 aliphatic heterocycles. The summed E-state index contributed by atoms with van der Waals surface area (Å²) in [6.45, 7) is 1.60. The Balaban J connectivity index is 1.21. The molecule has 3 fully saturated rings. The summed E-state index contributed by atoms with van der Waals surface area (Å²) in [5.41, 5.74) is 1.93. The number of nitrogens with zero attached hydrogens (tertiary/aromatic N) is 2. The number of alkyl carbamates (subject to hydrolysis) is 1. The van der Waals surface area contributed by atoms with E-state index in [0.717, 1.165) is 11.3 Å². The second-order valence-electron chi connectivity index (χ2n) is 8.58. The number of pyridine rings is 1. The minimum absolute atomic E-state index is 0.0680. The molecule has 3 aliphatic rings. The van der Waals surface area contributed by atoms with E-state index in [2.05, 4.69) is 10.3 Å². The van der Waals surface area contributed by atoms with Crippen LogP contribution < -0.4 is 5.32 Å². The predicted molar refractivity (Wildman–Crippen MR) is 102 cm³/mol. The Kier molecular flexibility index (Phi) is 5.88. The van der Waals surface area contributed by atoms with Gasteiger partial charge in [0.15, 0.2) is 0 Å². The second-order valence-corrected chi connectivity index (χ2v) is 8.58. The quantitative estimate of drug-likeness (QED) is 0.780. The van der Waals surface area contributed by atoms with E-state index in [1.54, 1.807) is 4.90 Å². The van der Waals surface area contributed by atoms with Gasteiger partial charge in [0.05, 0.1) is 12.0 Å². The Hall–Kier alpha value is -2.32. The van der Waals surface area contributed by atoms with Gasteiger partial charge in [0.25, 0.3) is 0 Å². The van der Waals surface area contributed by atoms with Gasteiger partial charge in [-0.25, -0.2) is 4.79 Å². The number of nitrogens with one attached hydrogen (secondary N) is 1. The smallest absolute Gasteiger partial charge is 0.407 e. The average molecular weight is 425 g/mol. The van der Waals surface area contributed by atoms with Crippen LogP contribution in [0.15, 0.2) is 18.3 Å². The minimum Gasteiger partial charge on any atom is -0.447 e. The minimum atomic E-state index is -4.09. The Morgan fingerprint density at radius 3 is 2.47 bits per heavy atom. The lowest BCUT2D eigenvalue weighted by Gasteiger charge is -2.39. The van der Waals surface area contributed by atoms with E-state index in [-0.39, 0.29) is 36.6 Å². The highest BCUT2D eigenvalue weighted by molar-refractivity contribution is 5.77. The van der Waals surface area contributed by atoms with Crippen molar-refractivity contribution in [2.24, 2.45) is 5.92 Å². The maximum Gasteiger partial charge on any atom is 0.407 e. The van der Waals surface area contributed by atoms with Gasteiger partial charge < -0.3 is 15.0 Å². The van der Waals surface area contributed by atoms with Crippen LogP contribution >= 0.6 is 0 Å². The third-order valence-electron chi connectivity index (χ3n) is 6.57. The van der Waals surface area contributed by atoms with E-state index in [0.29, 0.717) is 45.4 Å². The Morgan fingerprint density at radius 2 is 1.90 bits per heavy atom. The highest BCUT2D eigenvalue weighted by atomic mass is 19.4. The fourth-order valence-electron chi connectivity index (χ4n) is 4.55. The fraction of sp³-hybridized carbons (Fsp3) is 0.667. The predicted octanol–water partition coefficient (Wildman–Crippen LogP) is 3.73. The number of alkyl halides is 3. The van der Waals surface area contributed by atoms with Gasteiger partial charge in [0.1, 0.15) is 6.61 Å². The number of rotatable bonds is 5. The lowest BCUT2D eigenvalue weighted by atomic mass is 9.80. The third kappa shape index (κ3) is 4.70. The molecule has 0 radical (unpaired) electrons. The topological polar surface area (TPSA) is 71.5 Å². The first-order valence-corrected chi connectivity index (χ1v) is 10.5. The number of cyclic esters (lactones) is 1. The van der Waals surface area contributed by atoms with Gasteiger partial charge in [-0.3, -0.25) is 9.78 Å². The summed E-state index contributed by atoms with van der Waals surface area (Å²) in [6, 6.07) is 3.83. The van der Waals surface area contributed by atoms with Crippen LogP contribution in [0.5, 0.6) is 0 Å². The zero-order valence-corrected chi connectivity index (χ0v) is 16.7. The zero-order valence-electron chi connectivity index (χ0n) is 16.7. The summed E-state index contributed by atoms with van der Waals surface area (Å²) in [5, 5.41) is 2.66. The monoisotopic (exact) mass is 425 g/mol. The molecule has 30 heavy (non-hydrogen) atoms.